The minimum absolute atomic E-state index is 2.60. The van der Waals surface area contributed by atoms with Crippen molar-refractivity contribution >= 4 is 31.3 Å². The van der Waals surface area contributed by atoms with Crippen LogP contribution in [0.3, 0.4) is 0 Å². The molecule has 1 rings (SSSR count). The summed E-state index contributed by atoms with van der Waals surface area (Å²) in [6.45, 7) is 0. The summed E-state index contributed by atoms with van der Waals surface area (Å²) >= 11 is 0. The standard InChI is InChI=1S/C6H16O18P4/c7-1-2(8)4(22-26(12,13)14)6(24-28(18,19)20)5(23-27(15,16)17)3(1)21-25(9,10)11/h1-8H,(H2,9,10,11)(H2,12,13,14)(H2,15,16,17)(H2,18,19,20)/t1-,2+,3-,4-,5+,6+/m1/s1. The lowest BCUT2D eigenvalue weighted by atomic mass is 9.85. The van der Waals surface area contributed by atoms with Gasteiger partial charge in [-0.2, -0.15) is 0 Å². The summed E-state index contributed by atoms with van der Waals surface area (Å²) in [6, 6.07) is 0. The van der Waals surface area contributed by atoms with Crippen LogP contribution in [-0.2, 0) is 36.4 Å². The Hall–Kier alpha value is 0.360. The van der Waals surface area contributed by atoms with Crippen molar-refractivity contribution in [2.24, 2.45) is 0 Å². The van der Waals surface area contributed by atoms with Gasteiger partial charge in [0.1, 0.15) is 36.6 Å². The van der Waals surface area contributed by atoms with Crippen LogP contribution in [0, 0.1) is 0 Å². The Labute approximate surface area is 154 Å². The number of aliphatic hydroxyl groups is 2. The molecular formula is C6H16O18P4. The minimum atomic E-state index is -5.67. The molecule has 28 heavy (non-hydrogen) atoms. The Morgan fingerprint density at radius 1 is 0.429 bits per heavy atom. The number of hydrogen-bond acceptors (Lipinski definition) is 10. The number of rotatable bonds is 8. The summed E-state index contributed by atoms with van der Waals surface area (Å²) < 4.78 is 60.6. The number of aliphatic hydroxyl groups excluding tert-OH is 2. The van der Waals surface area contributed by atoms with Crippen LogP contribution in [0.25, 0.3) is 0 Å². The van der Waals surface area contributed by atoms with E-state index in [0.29, 0.717) is 0 Å². The van der Waals surface area contributed by atoms with Crippen molar-refractivity contribution in [3.05, 3.63) is 0 Å². The normalized spacial score (nSPS) is 33.1. The van der Waals surface area contributed by atoms with E-state index < -0.39 is 67.9 Å². The van der Waals surface area contributed by atoms with Crippen LogP contribution in [0.4, 0.5) is 0 Å². The monoisotopic (exact) mass is 500 g/mol. The zero-order valence-electron chi connectivity index (χ0n) is 13.0. The molecule has 0 aromatic rings. The van der Waals surface area contributed by atoms with Gasteiger partial charge < -0.3 is 49.4 Å². The fourth-order valence-corrected chi connectivity index (χ4v) is 4.51. The third-order valence-electron chi connectivity index (χ3n) is 3.03. The van der Waals surface area contributed by atoms with Gasteiger partial charge in [-0.1, -0.05) is 0 Å². The maximum atomic E-state index is 11.1. The van der Waals surface area contributed by atoms with E-state index in [4.69, 9.17) is 39.1 Å². The SMILES string of the molecule is O=P(O)(O)O[C@@H]1[C@@H](OP(=O)(O)O)[C@H](OP(=O)(O)O)[C@@H](O)[C@@H](O)[C@H]1OP(=O)(O)O. The van der Waals surface area contributed by atoms with E-state index in [0.717, 1.165) is 0 Å². The Morgan fingerprint density at radius 2 is 0.607 bits per heavy atom. The molecular weight excluding hydrogens is 484 g/mol. The van der Waals surface area contributed by atoms with E-state index in [1.807, 2.05) is 0 Å². The average Bonchev–Trinajstić information content (AvgIpc) is 2.39. The maximum Gasteiger partial charge on any atom is 0.470 e. The van der Waals surface area contributed by atoms with Gasteiger partial charge in [0.25, 0.3) is 0 Å². The number of phosphoric acid groups is 4. The molecule has 0 spiro atoms. The summed E-state index contributed by atoms with van der Waals surface area (Å²) in [7, 11) is -22.5. The molecule has 168 valence electrons. The van der Waals surface area contributed by atoms with Crippen molar-refractivity contribution < 1.29 is 85.7 Å². The van der Waals surface area contributed by atoms with Gasteiger partial charge >= 0.3 is 31.3 Å². The molecule has 1 fully saturated rings. The minimum Gasteiger partial charge on any atom is -0.387 e. The Morgan fingerprint density at radius 3 is 0.786 bits per heavy atom. The quantitative estimate of drug-likeness (QED) is 0.145. The van der Waals surface area contributed by atoms with Gasteiger partial charge in [0.15, 0.2) is 0 Å². The van der Waals surface area contributed by atoms with E-state index in [9.17, 15) is 28.5 Å². The van der Waals surface area contributed by atoms with Crippen LogP contribution in [-0.4, -0.2) is 86.0 Å². The van der Waals surface area contributed by atoms with Gasteiger partial charge in [0.2, 0.25) is 0 Å². The molecule has 1 aliphatic carbocycles. The molecule has 18 nitrogen and oxygen atoms in total. The Bertz CT molecular complexity index is 664. The Kier molecular flexibility index (Phi) is 8.34. The average molecular weight is 500 g/mol. The van der Waals surface area contributed by atoms with E-state index >= 15 is 0 Å². The third-order valence-corrected chi connectivity index (χ3v) is 5.10. The predicted molar refractivity (Wildman–Crippen MR) is 79.7 cm³/mol. The summed E-state index contributed by atoms with van der Waals surface area (Å²) in [5, 5.41) is 19.8. The molecule has 1 aliphatic rings. The van der Waals surface area contributed by atoms with Gasteiger partial charge in [0.05, 0.1) is 0 Å². The van der Waals surface area contributed by atoms with Gasteiger partial charge in [-0.15, -0.1) is 0 Å². The van der Waals surface area contributed by atoms with E-state index in [-0.39, 0.29) is 0 Å². The summed E-state index contributed by atoms with van der Waals surface area (Å²) in [4.78, 5) is 71.1. The van der Waals surface area contributed by atoms with Crippen LogP contribution in [0.5, 0.6) is 0 Å². The maximum absolute atomic E-state index is 11.1. The molecule has 6 atom stereocenters. The second-order valence-corrected chi connectivity index (χ2v) is 9.99. The molecule has 0 saturated heterocycles. The fourth-order valence-electron chi connectivity index (χ4n) is 2.27. The van der Waals surface area contributed by atoms with Crippen LogP contribution in [0.1, 0.15) is 0 Å². The second-order valence-electron chi connectivity index (χ2n) is 5.22. The zero-order valence-corrected chi connectivity index (χ0v) is 16.6. The first-order valence-corrected chi connectivity index (χ1v) is 12.6. The van der Waals surface area contributed by atoms with Crippen molar-refractivity contribution in [2.45, 2.75) is 36.6 Å². The molecule has 0 bridgehead atoms. The number of phosphoric ester groups is 4. The molecule has 22 heteroatoms. The third kappa shape index (κ3) is 8.62. The highest BCUT2D eigenvalue weighted by Gasteiger charge is 2.58. The smallest absolute Gasteiger partial charge is 0.387 e. The van der Waals surface area contributed by atoms with Crippen molar-refractivity contribution in [2.75, 3.05) is 0 Å². The van der Waals surface area contributed by atoms with Crippen LogP contribution < -0.4 is 0 Å². The first kappa shape index (κ1) is 26.4. The Balaban J connectivity index is 3.53. The van der Waals surface area contributed by atoms with Crippen molar-refractivity contribution in [1.82, 2.24) is 0 Å². The molecule has 0 radical (unpaired) electrons. The van der Waals surface area contributed by atoms with E-state index in [1.54, 1.807) is 0 Å². The van der Waals surface area contributed by atoms with Gasteiger partial charge in [-0.3, -0.25) is 18.1 Å². The molecule has 0 unspecified atom stereocenters. The molecule has 10 N–H and O–H groups in total. The van der Waals surface area contributed by atoms with Crippen LogP contribution in [0.2, 0.25) is 0 Å². The predicted octanol–water partition coefficient (Wildman–Crippen LogP) is -3.37. The van der Waals surface area contributed by atoms with E-state index in [2.05, 4.69) is 18.1 Å². The highest BCUT2D eigenvalue weighted by molar-refractivity contribution is 7.47. The summed E-state index contributed by atoms with van der Waals surface area (Å²) in [6.07, 6.45) is -15.9. The summed E-state index contributed by atoms with van der Waals surface area (Å²) in [5.74, 6) is 0. The van der Waals surface area contributed by atoms with Crippen LogP contribution in [0.15, 0.2) is 0 Å². The number of hydrogen-bond donors (Lipinski definition) is 10. The van der Waals surface area contributed by atoms with Gasteiger partial charge in [-0.05, 0) is 0 Å². The summed E-state index contributed by atoms with van der Waals surface area (Å²) in [5.41, 5.74) is 0. The zero-order chi connectivity index (χ0) is 22.3. The molecule has 0 aromatic heterocycles. The topological polar surface area (TPSA) is 308 Å². The second kappa shape index (κ2) is 8.85. The van der Waals surface area contributed by atoms with Crippen LogP contribution >= 0.6 is 31.3 Å². The lowest BCUT2D eigenvalue weighted by Crippen LogP contribution is -2.65. The molecule has 0 aliphatic heterocycles. The highest BCUT2D eigenvalue weighted by atomic mass is 31.2. The fraction of sp³-hybridized carbons (Fsp3) is 1.00. The van der Waals surface area contributed by atoms with E-state index in [1.165, 1.54) is 0 Å². The lowest BCUT2D eigenvalue weighted by Gasteiger charge is -2.45. The molecule has 1 saturated carbocycles. The molecule has 0 aromatic carbocycles. The van der Waals surface area contributed by atoms with Crippen molar-refractivity contribution in [1.29, 1.82) is 0 Å². The van der Waals surface area contributed by atoms with Crippen molar-refractivity contribution in [3.63, 3.8) is 0 Å². The lowest BCUT2D eigenvalue weighted by molar-refractivity contribution is -0.209. The first-order chi connectivity index (χ1) is 12.2. The van der Waals surface area contributed by atoms with Gasteiger partial charge in [0, 0.05) is 0 Å². The largest absolute Gasteiger partial charge is 0.470 e. The van der Waals surface area contributed by atoms with Crippen molar-refractivity contribution in [3.8, 4) is 0 Å². The van der Waals surface area contributed by atoms with Gasteiger partial charge in [-0.25, -0.2) is 18.3 Å². The first-order valence-electron chi connectivity index (χ1n) is 6.52. The molecule has 0 amide bonds. The molecule has 0 heterocycles. The highest BCUT2D eigenvalue weighted by Crippen LogP contribution is 2.52.